The predicted octanol–water partition coefficient (Wildman–Crippen LogP) is 3.44. The van der Waals surface area contributed by atoms with Gasteiger partial charge in [0.15, 0.2) is 0 Å². The number of pyridine rings is 2. The lowest BCUT2D eigenvalue weighted by Crippen LogP contribution is -2.56. The number of amides is 2. The number of hydrogen-bond acceptors (Lipinski definition) is 7. The molecule has 0 saturated heterocycles. The third-order valence-corrected chi connectivity index (χ3v) is 8.23. The van der Waals surface area contributed by atoms with Crippen LogP contribution in [-0.4, -0.2) is 49.9 Å². The molecule has 0 atom stereocenters. The van der Waals surface area contributed by atoms with Gasteiger partial charge >= 0.3 is 11.9 Å². The fraction of sp³-hybridized carbons (Fsp3) is 0.394. The molecule has 12 nitrogen and oxygen atoms in total. The number of aromatic nitrogens is 2. The molecule has 0 radical (unpaired) electrons. The second-order valence-electron chi connectivity index (χ2n) is 11.4. The molecule has 1 aromatic carbocycles. The Kier molecular flexibility index (Phi) is 11.1. The van der Waals surface area contributed by atoms with Crippen LogP contribution in [0.15, 0.2) is 76.6 Å². The van der Waals surface area contributed by atoms with Gasteiger partial charge in [0.1, 0.15) is 17.7 Å². The summed E-state index contributed by atoms with van der Waals surface area (Å²) in [5.74, 6) is -2.26. The highest BCUT2D eigenvalue weighted by Crippen LogP contribution is 2.31. The van der Waals surface area contributed by atoms with Gasteiger partial charge in [-0.15, -0.1) is 0 Å². The Bertz CT molecular complexity index is 1560. The number of carboxylic acid groups (broad SMARTS) is 1. The minimum absolute atomic E-state index is 0.177. The van der Waals surface area contributed by atoms with Crippen molar-refractivity contribution in [3.05, 3.63) is 104 Å². The number of aromatic amines is 2. The largest absolute Gasteiger partial charge is 0.480 e. The molecule has 12 heteroatoms. The van der Waals surface area contributed by atoms with E-state index in [1.54, 1.807) is 0 Å². The zero-order valence-electron chi connectivity index (χ0n) is 24.9. The van der Waals surface area contributed by atoms with Gasteiger partial charge in [0.2, 0.25) is 11.1 Å². The topological polar surface area (TPSA) is 188 Å². The van der Waals surface area contributed by atoms with Gasteiger partial charge in [0, 0.05) is 24.5 Å². The van der Waals surface area contributed by atoms with Crippen molar-refractivity contribution in [2.75, 3.05) is 0 Å². The van der Waals surface area contributed by atoms with Crippen molar-refractivity contribution < 1.29 is 29.0 Å². The minimum Gasteiger partial charge on any atom is -0.480 e. The van der Waals surface area contributed by atoms with Crippen molar-refractivity contribution >= 4 is 23.8 Å². The normalized spacial score (nSPS) is 16.6. The lowest BCUT2D eigenvalue weighted by Gasteiger charge is -2.35. The number of aliphatic carboxylic acids is 1. The first-order valence-corrected chi connectivity index (χ1v) is 15.1. The summed E-state index contributed by atoms with van der Waals surface area (Å²) in [4.78, 5) is 75.8. The zero-order valence-corrected chi connectivity index (χ0v) is 24.9. The number of benzene rings is 1. The third-order valence-electron chi connectivity index (χ3n) is 8.23. The van der Waals surface area contributed by atoms with E-state index in [1.165, 1.54) is 36.7 Å². The minimum atomic E-state index is -1.18. The third kappa shape index (κ3) is 8.78. The van der Waals surface area contributed by atoms with Gasteiger partial charge in [0.25, 0.3) is 11.8 Å². The highest BCUT2D eigenvalue weighted by atomic mass is 16.5. The Labute approximate surface area is 259 Å². The Morgan fingerprint density at radius 2 is 1.13 bits per heavy atom. The standard InChI is InChI=1S/C20H22N2O4.C13H16N2O4/c23-17-10-9-16(13-21-17)18(24)22-20(11-5-2-6-12-20)19(25)26-14-15-7-3-1-4-8-15;16-10-5-4-9(8-14-10)11(17)15-13(12(18)19)6-2-1-3-7-13/h1,3-4,7-10,13H,2,5-6,11-12,14H2,(H,21,23)(H,22,24);4-5,8H,1-3,6-7H2,(H,14,16)(H,15,17)(H,18,19). The van der Waals surface area contributed by atoms with Crippen LogP contribution in [0.1, 0.15) is 90.5 Å². The molecule has 2 amide bonds. The molecule has 3 aromatic rings. The summed E-state index contributed by atoms with van der Waals surface area (Å²) in [7, 11) is 0. The fourth-order valence-electron chi connectivity index (χ4n) is 5.63. The van der Waals surface area contributed by atoms with Crippen molar-refractivity contribution in [1.29, 1.82) is 0 Å². The van der Waals surface area contributed by atoms with Crippen LogP contribution >= 0.6 is 0 Å². The van der Waals surface area contributed by atoms with Gasteiger partial charge in [-0.2, -0.15) is 0 Å². The Morgan fingerprint density at radius 1 is 0.667 bits per heavy atom. The van der Waals surface area contributed by atoms with E-state index in [4.69, 9.17) is 4.74 Å². The average molecular weight is 619 g/mol. The molecule has 0 bridgehead atoms. The Hall–Kier alpha value is -5.00. The van der Waals surface area contributed by atoms with E-state index in [1.807, 2.05) is 30.3 Å². The van der Waals surface area contributed by atoms with Gasteiger partial charge in [0.05, 0.1) is 11.1 Å². The molecule has 0 aliphatic heterocycles. The average Bonchev–Trinajstić information content (AvgIpc) is 3.05. The summed E-state index contributed by atoms with van der Waals surface area (Å²) < 4.78 is 5.52. The maximum Gasteiger partial charge on any atom is 0.332 e. The quantitative estimate of drug-likeness (QED) is 0.237. The number of carboxylic acids is 1. The van der Waals surface area contributed by atoms with Crippen LogP contribution in [0.4, 0.5) is 0 Å². The molecule has 5 rings (SSSR count). The molecule has 2 aliphatic rings. The first-order valence-electron chi connectivity index (χ1n) is 15.1. The summed E-state index contributed by atoms with van der Waals surface area (Å²) in [6.45, 7) is 0.177. The van der Waals surface area contributed by atoms with Gasteiger partial charge in [-0.1, -0.05) is 68.9 Å². The van der Waals surface area contributed by atoms with Crippen LogP contribution in [-0.2, 0) is 20.9 Å². The highest BCUT2D eigenvalue weighted by molar-refractivity contribution is 5.98. The summed E-state index contributed by atoms with van der Waals surface area (Å²) in [5.41, 5.74) is -1.31. The molecule has 2 aromatic heterocycles. The van der Waals surface area contributed by atoms with Crippen LogP contribution in [0.25, 0.3) is 0 Å². The van der Waals surface area contributed by atoms with Crippen molar-refractivity contribution in [2.24, 2.45) is 0 Å². The second kappa shape index (κ2) is 15.1. The number of ether oxygens (including phenoxy) is 1. The molecule has 2 saturated carbocycles. The summed E-state index contributed by atoms with van der Waals surface area (Å²) >= 11 is 0. The number of hydrogen-bond donors (Lipinski definition) is 5. The molecular weight excluding hydrogens is 580 g/mol. The SMILES string of the molecule is O=C(NC1(C(=O)O)CCCCC1)c1ccc(=O)[nH]c1.O=C(NC1(C(=O)OCc2ccccc2)CCCCC1)c1ccc(=O)[nH]c1. The van der Waals surface area contributed by atoms with Crippen LogP contribution in [0.5, 0.6) is 0 Å². The molecule has 238 valence electrons. The van der Waals surface area contributed by atoms with Gasteiger partial charge < -0.3 is 30.4 Å². The highest BCUT2D eigenvalue weighted by Gasteiger charge is 2.43. The Balaban J connectivity index is 0.000000215. The van der Waals surface area contributed by atoms with Crippen molar-refractivity contribution in [3.63, 3.8) is 0 Å². The monoisotopic (exact) mass is 618 g/mol. The number of carbonyl (C=O) groups is 4. The van der Waals surface area contributed by atoms with Crippen LogP contribution in [0.3, 0.4) is 0 Å². The molecule has 45 heavy (non-hydrogen) atoms. The Morgan fingerprint density at radius 3 is 1.58 bits per heavy atom. The van der Waals surface area contributed by atoms with Crippen molar-refractivity contribution in [2.45, 2.75) is 81.9 Å². The maximum absolute atomic E-state index is 12.8. The second-order valence-corrected chi connectivity index (χ2v) is 11.4. The first-order chi connectivity index (χ1) is 21.6. The molecule has 0 spiro atoms. The summed E-state index contributed by atoms with van der Waals surface area (Å²) in [6, 6.07) is 14.8. The lowest BCUT2D eigenvalue weighted by atomic mass is 9.81. The van der Waals surface area contributed by atoms with Gasteiger partial charge in [-0.05, 0) is 43.4 Å². The van der Waals surface area contributed by atoms with Crippen LogP contribution in [0, 0.1) is 0 Å². The number of rotatable bonds is 8. The van der Waals surface area contributed by atoms with Crippen LogP contribution < -0.4 is 21.8 Å². The van der Waals surface area contributed by atoms with Gasteiger partial charge in [-0.25, -0.2) is 9.59 Å². The van der Waals surface area contributed by atoms with E-state index in [0.717, 1.165) is 44.1 Å². The fourth-order valence-corrected chi connectivity index (χ4v) is 5.63. The number of H-pyrrole nitrogens is 2. The lowest BCUT2D eigenvalue weighted by molar-refractivity contribution is -0.154. The summed E-state index contributed by atoms with van der Waals surface area (Å²) in [6.07, 6.45) is 9.93. The molecule has 2 fully saturated rings. The number of nitrogens with one attached hydrogen (secondary N) is 4. The van der Waals surface area contributed by atoms with E-state index >= 15 is 0 Å². The van der Waals surface area contributed by atoms with E-state index in [-0.39, 0.29) is 29.2 Å². The number of esters is 1. The maximum atomic E-state index is 12.8. The molecule has 0 unspecified atom stereocenters. The van der Waals surface area contributed by atoms with Crippen molar-refractivity contribution in [1.82, 2.24) is 20.6 Å². The van der Waals surface area contributed by atoms with E-state index < -0.39 is 28.9 Å². The van der Waals surface area contributed by atoms with E-state index in [2.05, 4.69) is 20.6 Å². The molecule has 5 N–H and O–H groups in total. The van der Waals surface area contributed by atoms with Crippen LogP contribution in [0.2, 0.25) is 0 Å². The predicted molar refractivity (Wildman–Crippen MR) is 165 cm³/mol. The molecule has 2 heterocycles. The summed E-state index contributed by atoms with van der Waals surface area (Å²) in [5, 5.41) is 14.8. The molecule has 2 aliphatic carbocycles. The van der Waals surface area contributed by atoms with E-state index in [0.29, 0.717) is 31.2 Å². The number of carbonyl (C=O) groups excluding carboxylic acids is 3. The zero-order chi connectivity index (χ0) is 32.3. The van der Waals surface area contributed by atoms with E-state index in [9.17, 15) is 33.9 Å². The van der Waals surface area contributed by atoms with Gasteiger partial charge in [-0.3, -0.25) is 19.2 Å². The van der Waals surface area contributed by atoms with Crippen molar-refractivity contribution in [3.8, 4) is 0 Å². The first kappa shape index (κ1) is 32.9. The smallest absolute Gasteiger partial charge is 0.332 e. The molecular formula is C33H38N4O8.